The minimum absolute atomic E-state index is 0.148. The molecule has 1 saturated heterocycles. The van der Waals surface area contributed by atoms with Gasteiger partial charge < -0.3 is 10.6 Å². The highest BCUT2D eigenvalue weighted by atomic mass is 35.5. The van der Waals surface area contributed by atoms with Crippen LogP contribution in [0.15, 0.2) is 18.2 Å². The first-order valence-corrected chi connectivity index (χ1v) is 7.32. The van der Waals surface area contributed by atoms with E-state index in [9.17, 15) is 14.9 Å². The molecule has 0 spiro atoms. The number of amides is 1. The number of rotatable bonds is 5. The van der Waals surface area contributed by atoms with Crippen LogP contribution in [-0.2, 0) is 4.79 Å². The molecular weight excluding hydrogens is 294 g/mol. The Hall–Kier alpha value is -1.66. The van der Waals surface area contributed by atoms with Gasteiger partial charge in [-0.1, -0.05) is 24.9 Å². The molecule has 1 fully saturated rings. The second-order valence-corrected chi connectivity index (χ2v) is 5.77. The summed E-state index contributed by atoms with van der Waals surface area (Å²) in [5.74, 6) is -0.181. The van der Waals surface area contributed by atoms with Gasteiger partial charge in [0.05, 0.1) is 10.3 Å². The molecule has 1 amide bonds. The van der Waals surface area contributed by atoms with Crippen LogP contribution >= 0.6 is 11.6 Å². The molecule has 21 heavy (non-hydrogen) atoms. The smallest absolute Gasteiger partial charge is 0.292 e. The van der Waals surface area contributed by atoms with Crippen LogP contribution in [0.1, 0.15) is 26.2 Å². The predicted molar refractivity (Wildman–Crippen MR) is 81.6 cm³/mol. The molecule has 1 unspecified atom stereocenters. The normalized spacial score (nSPS) is 21.2. The van der Waals surface area contributed by atoms with E-state index in [2.05, 4.69) is 10.6 Å². The molecule has 1 aromatic rings. The first-order valence-electron chi connectivity index (χ1n) is 6.94. The van der Waals surface area contributed by atoms with Crippen molar-refractivity contribution in [3.63, 3.8) is 0 Å². The number of nitro benzene ring substituents is 1. The lowest BCUT2D eigenvalue weighted by molar-refractivity contribution is -0.383. The Labute approximate surface area is 128 Å². The lowest BCUT2D eigenvalue weighted by Crippen LogP contribution is -2.38. The summed E-state index contributed by atoms with van der Waals surface area (Å²) in [6.07, 6.45) is 2.37. The van der Waals surface area contributed by atoms with Crippen LogP contribution < -0.4 is 10.6 Å². The lowest BCUT2D eigenvalue weighted by atomic mass is 9.81. The van der Waals surface area contributed by atoms with E-state index < -0.39 is 10.3 Å². The maximum atomic E-state index is 12.6. The second-order valence-electron chi connectivity index (χ2n) is 5.33. The number of hydrogen-bond acceptors (Lipinski definition) is 4. The molecule has 1 aliphatic rings. The summed E-state index contributed by atoms with van der Waals surface area (Å²) in [4.78, 5) is 23.1. The summed E-state index contributed by atoms with van der Waals surface area (Å²) in [6, 6.07) is 4.16. The van der Waals surface area contributed by atoms with Gasteiger partial charge in [0.2, 0.25) is 5.91 Å². The van der Waals surface area contributed by atoms with Gasteiger partial charge in [0.1, 0.15) is 5.69 Å². The maximum Gasteiger partial charge on any atom is 0.292 e. The van der Waals surface area contributed by atoms with Crippen LogP contribution in [0.25, 0.3) is 0 Å². The van der Waals surface area contributed by atoms with Gasteiger partial charge in [-0.3, -0.25) is 14.9 Å². The van der Waals surface area contributed by atoms with Crippen LogP contribution in [-0.4, -0.2) is 23.9 Å². The van der Waals surface area contributed by atoms with E-state index in [0.29, 0.717) is 11.6 Å². The zero-order valence-corrected chi connectivity index (χ0v) is 12.6. The van der Waals surface area contributed by atoms with Crippen molar-refractivity contribution in [2.45, 2.75) is 26.2 Å². The van der Waals surface area contributed by atoms with Crippen LogP contribution in [0.3, 0.4) is 0 Å². The Morgan fingerprint density at radius 1 is 1.57 bits per heavy atom. The quantitative estimate of drug-likeness (QED) is 0.646. The zero-order valence-electron chi connectivity index (χ0n) is 11.8. The van der Waals surface area contributed by atoms with Gasteiger partial charge in [-0.2, -0.15) is 0 Å². The van der Waals surface area contributed by atoms with Gasteiger partial charge in [-0.05, 0) is 31.5 Å². The molecule has 1 atom stereocenters. The number of nitrogens with one attached hydrogen (secondary N) is 2. The van der Waals surface area contributed by atoms with Crippen molar-refractivity contribution in [1.82, 2.24) is 5.32 Å². The first-order chi connectivity index (χ1) is 9.98. The summed E-state index contributed by atoms with van der Waals surface area (Å²) in [5.41, 5.74) is -0.490. The molecular formula is C14H18ClN3O3. The third-order valence-electron chi connectivity index (χ3n) is 3.86. The van der Waals surface area contributed by atoms with E-state index in [4.69, 9.17) is 11.6 Å². The van der Waals surface area contributed by atoms with Crippen LogP contribution in [0.4, 0.5) is 11.4 Å². The molecule has 6 nitrogen and oxygen atoms in total. The Morgan fingerprint density at radius 2 is 2.33 bits per heavy atom. The summed E-state index contributed by atoms with van der Waals surface area (Å²) in [5, 5.41) is 17.3. The summed E-state index contributed by atoms with van der Waals surface area (Å²) >= 11 is 5.87. The average molecular weight is 312 g/mol. The van der Waals surface area contributed by atoms with Gasteiger partial charge in [0.15, 0.2) is 0 Å². The van der Waals surface area contributed by atoms with E-state index in [1.165, 1.54) is 18.2 Å². The molecule has 1 aliphatic heterocycles. The van der Waals surface area contributed by atoms with E-state index >= 15 is 0 Å². The number of nitro groups is 1. The summed E-state index contributed by atoms with van der Waals surface area (Å²) in [6.45, 7) is 3.40. The number of anilines is 1. The van der Waals surface area contributed by atoms with E-state index in [1.54, 1.807) is 0 Å². The van der Waals surface area contributed by atoms with Gasteiger partial charge in [-0.15, -0.1) is 0 Å². The van der Waals surface area contributed by atoms with Crippen molar-refractivity contribution in [3.8, 4) is 0 Å². The third-order valence-corrected chi connectivity index (χ3v) is 4.09. The molecule has 2 rings (SSSR count). The molecule has 1 aromatic carbocycles. The van der Waals surface area contributed by atoms with Gasteiger partial charge in [-0.25, -0.2) is 0 Å². The fraction of sp³-hybridized carbons (Fsp3) is 0.500. The Morgan fingerprint density at radius 3 is 2.90 bits per heavy atom. The van der Waals surface area contributed by atoms with Gasteiger partial charge in [0.25, 0.3) is 5.69 Å². The Bertz CT molecular complexity index is 556. The molecule has 0 saturated carbocycles. The van der Waals surface area contributed by atoms with Crippen molar-refractivity contribution in [2.24, 2.45) is 5.41 Å². The number of nitrogens with zero attached hydrogens (tertiary/aromatic N) is 1. The average Bonchev–Trinajstić information content (AvgIpc) is 2.88. The van der Waals surface area contributed by atoms with E-state index in [0.717, 1.165) is 25.8 Å². The standard InChI is InChI=1S/C14H18ClN3O3/c1-2-5-14(6-7-16-9-14)13(19)17-11-8-10(15)3-4-12(11)18(20)21/h3-4,8,16H,2,5-7,9H2,1H3,(H,17,19). The van der Waals surface area contributed by atoms with E-state index in [1.807, 2.05) is 6.92 Å². The fourth-order valence-corrected chi connectivity index (χ4v) is 2.94. The summed E-state index contributed by atoms with van der Waals surface area (Å²) in [7, 11) is 0. The molecule has 2 N–H and O–H groups in total. The minimum atomic E-state index is -0.522. The molecule has 114 valence electrons. The second kappa shape index (κ2) is 6.41. The molecule has 0 aliphatic carbocycles. The lowest BCUT2D eigenvalue weighted by Gasteiger charge is -2.26. The maximum absolute atomic E-state index is 12.6. The number of halogens is 1. The number of benzene rings is 1. The van der Waals surface area contributed by atoms with Gasteiger partial charge in [0, 0.05) is 17.6 Å². The number of hydrogen-bond donors (Lipinski definition) is 2. The Kier molecular flexibility index (Phi) is 4.80. The zero-order chi connectivity index (χ0) is 15.5. The molecule has 0 radical (unpaired) electrons. The SMILES string of the molecule is CCCC1(C(=O)Nc2cc(Cl)ccc2[N+](=O)[O-])CCNC1. The third kappa shape index (κ3) is 3.33. The molecule has 0 aromatic heterocycles. The topological polar surface area (TPSA) is 84.3 Å². The largest absolute Gasteiger partial charge is 0.320 e. The minimum Gasteiger partial charge on any atom is -0.320 e. The van der Waals surface area contributed by atoms with Crippen molar-refractivity contribution in [1.29, 1.82) is 0 Å². The first kappa shape index (κ1) is 15.7. The molecule has 7 heteroatoms. The monoisotopic (exact) mass is 311 g/mol. The molecule has 1 heterocycles. The number of carbonyl (C=O) groups is 1. The van der Waals surface area contributed by atoms with Crippen LogP contribution in [0.2, 0.25) is 5.02 Å². The van der Waals surface area contributed by atoms with Crippen molar-refractivity contribution >= 4 is 28.9 Å². The highest BCUT2D eigenvalue weighted by Gasteiger charge is 2.40. The highest BCUT2D eigenvalue weighted by molar-refractivity contribution is 6.31. The fourth-order valence-electron chi connectivity index (χ4n) is 2.77. The molecule has 0 bridgehead atoms. The summed E-state index contributed by atoms with van der Waals surface area (Å²) < 4.78 is 0. The number of carbonyl (C=O) groups excluding carboxylic acids is 1. The highest BCUT2D eigenvalue weighted by Crippen LogP contribution is 2.35. The Balaban J connectivity index is 2.26. The van der Waals surface area contributed by atoms with Crippen molar-refractivity contribution in [2.75, 3.05) is 18.4 Å². The van der Waals surface area contributed by atoms with Crippen LogP contribution in [0, 0.1) is 15.5 Å². The van der Waals surface area contributed by atoms with Gasteiger partial charge >= 0.3 is 0 Å². The van der Waals surface area contributed by atoms with E-state index in [-0.39, 0.29) is 17.3 Å². The van der Waals surface area contributed by atoms with Crippen molar-refractivity contribution < 1.29 is 9.72 Å². The predicted octanol–water partition coefficient (Wildman–Crippen LogP) is 2.97. The van der Waals surface area contributed by atoms with Crippen LogP contribution in [0.5, 0.6) is 0 Å². The van der Waals surface area contributed by atoms with Crippen molar-refractivity contribution in [3.05, 3.63) is 33.3 Å².